The van der Waals surface area contributed by atoms with Crippen LogP contribution in [0.3, 0.4) is 0 Å². The van der Waals surface area contributed by atoms with Gasteiger partial charge in [0.05, 0.1) is 4.90 Å². The average Bonchev–Trinajstić information content (AvgIpc) is 2.39. The molecule has 1 aliphatic heterocycles. The summed E-state index contributed by atoms with van der Waals surface area (Å²) in [6.45, 7) is 1.22. The summed E-state index contributed by atoms with van der Waals surface area (Å²) in [4.78, 5) is 0.291. The zero-order valence-electron chi connectivity index (χ0n) is 10.6. The van der Waals surface area contributed by atoms with Gasteiger partial charge >= 0.3 is 0 Å². The van der Waals surface area contributed by atoms with Crippen molar-refractivity contribution in [2.75, 3.05) is 18.4 Å². The fraction of sp³-hybridized carbons (Fsp3) is 0.538. The minimum atomic E-state index is -3.40. The summed E-state index contributed by atoms with van der Waals surface area (Å²) >= 11 is 9.30. The fourth-order valence-corrected chi connectivity index (χ4v) is 4.92. The third kappa shape index (κ3) is 3.72. The third-order valence-electron chi connectivity index (χ3n) is 3.43. The molecule has 0 bridgehead atoms. The molecule has 0 spiro atoms. The molecule has 1 aromatic rings. The second kappa shape index (κ2) is 6.57. The predicted octanol–water partition coefficient (Wildman–Crippen LogP) is 3.53. The Hall–Kier alpha value is -0.100. The molecular formula is C13H17BrClNO2S. The van der Waals surface area contributed by atoms with Crippen LogP contribution in [0.15, 0.2) is 29.2 Å². The van der Waals surface area contributed by atoms with Crippen molar-refractivity contribution in [2.24, 2.45) is 5.92 Å². The average molecular weight is 367 g/mol. The van der Waals surface area contributed by atoms with Gasteiger partial charge in [-0.2, -0.15) is 4.31 Å². The highest BCUT2D eigenvalue weighted by molar-refractivity contribution is 9.09. The highest BCUT2D eigenvalue weighted by Crippen LogP contribution is 2.26. The van der Waals surface area contributed by atoms with Gasteiger partial charge in [0.2, 0.25) is 10.0 Å². The first-order valence-corrected chi connectivity index (χ1v) is 9.29. The molecule has 1 saturated heterocycles. The second-order valence-electron chi connectivity index (χ2n) is 4.81. The van der Waals surface area contributed by atoms with Gasteiger partial charge in [-0.1, -0.05) is 33.6 Å². The zero-order valence-corrected chi connectivity index (χ0v) is 13.7. The van der Waals surface area contributed by atoms with E-state index < -0.39 is 10.0 Å². The summed E-state index contributed by atoms with van der Waals surface area (Å²) in [5, 5.41) is 1.37. The van der Waals surface area contributed by atoms with E-state index in [0.717, 1.165) is 24.6 Å². The first-order valence-electron chi connectivity index (χ1n) is 6.35. The number of nitrogens with zero attached hydrogens (tertiary/aromatic N) is 1. The Morgan fingerprint density at radius 1 is 1.42 bits per heavy atom. The van der Waals surface area contributed by atoms with Gasteiger partial charge < -0.3 is 0 Å². The SMILES string of the molecule is O=S(=O)(c1cccc(Cl)c1)N1CCCC(CCBr)C1. The van der Waals surface area contributed by atoms with E-state index in [1.54, 1.807) is 22.5 Å². The van der Waals surface area contributed by atoms with Gasteiger partial charge in [0.1, 0.15) is 0 Å². The van der Waals surface area contributed by atoms with Crippen LogP contribution in [-0.2, 0) is 10.0 Å². The van der Waals surface area contributed by atoms with Gasteiger partial charge in [0.15, 0.2) is 0 Å². The Balaban J connectivity index is 2.19. The summed E-state index contributed by atoms with van der Waals surface area (Å²) < 4.78 is 26.7. The standard InChI is InChI=1S/C13H17BrClNO2S/c14-7-6-11-3-2-8-16(10-11)19(17,18)13-5-1-4-12(15)9-13/h1,4-5,9,11H,2-3,6-8,10H2. The molecule has 0 aliphatic carbocycles. The van der Waals surface area contributed by atoms with Crippen molar-refractivity contribution in [3.05, 3.63) is 29.3 Å². The molecule has 1 fully saturated rings. The molecule has 19 heavy (non-hydrogen) atoms. The molecule has 1 heterocycles. The van der Waals surface area contributed by atoms with Crippen molar-refractivity contribution >= 4 is 37.6 Å². The number of benzene rings is 1. The highest BCUT2D eigenvalue weighted by Gasteiger charge is 2.29. The van der Waals surface area contributed by atoms with Crippen LogP contribution < -0.4 is 0 Å². The second-order valence-corrected chi connectivity index (χ2v) is 7.97. The molecule has 3 nitrogen and oxygen atoms in total. The molecule has 1 aromatic carbocycles. The van der Waals surface area contributed by atoms with E-state index in [2.05, 4.69) is 15.9 Å². The summed E-state index contributed by atoms with van der Waals surface area (Å²) in [7, 11) is -3.40. The molecule has 2 rings (SSSR count). The lowest BCUT2D eigenvalue weighted by Gasteiger charge is -2.31. The van der Waals surface area contributed by atoms with Gasteiger partial charge in [-0.25, -0.2) is 8.42 Å². The quantitative estimate of drug-likeness (QED) is 0.765. The Morgan fingerprint density at radius 3 is 2.89 bits per heavy atom. The van der Waals surface area contributed by atoms with Gasteiger partial charge in [0, 0.05) is 23.4 Å². The van der Waals surface area contributed by atoms with E-state index in [0.29, 0.717) is 28.9 Å². The van der Waals surface area contributed by atoms with Crippen molar-refractivity contribution in [3.8, 4) is 0 Å². The van der Waals surface area contributed by atoms with E-state index in [4.69, 9.17) is 11.6 Å². The molecule has 0 radical (unpaired) electrons. The molecule has 0 aromatic heterocycles. The van der Waals surface area contributed by atoms with Gasteiger partial charge in [-0.15, -0.1) is 0 Å². The van der Waals surface area contributed by atoms with E-state index in [1.807, 2.05) is 0 Å². The largest absolute Gasteiger partial charge is 0.243 e. The molecule has 0 amide bonds. The molecule has 1 aliphatic rings. The molecule has 106 valence electrons. The maximum atomic E-state index is 12.5. The van der Waals surface area contributed by atoms with Crippen LogP contribution in [0.1, 0.15) is 19.3 Å². The maximum Gasteiger partial charge on any atom is 0.243 e. The Morgan fingerprint density at radius 2 is 2.21 bits per heavy atom. The lowest BCUT2D eigenvalue weighted by atomic mass is 9.97. The van der Waals surface area contributed by atoms with Crippen molar-refractivity contribution in [3.63, 3.8) is 0 Å². The van der Waals surface area contributed by atoms with Crippen LogP contribution in [-0.4, -0.2) is 31.1 Å². The smallest absolute Gasteiger partial charge is 0.207 e. The van der Waals surface area contributed by atoms with Crippen LogP contribution in [0.4, 0.5) is 0 Å². The summed E-state index contributed by atoms with van der Waals surface area (Å²) in [5.41, 5.74) is 0. The molecule has 6 heteroatoms. The number of halogens is 2. The van der Waals surface area contributed by atoms with Gasteiger partial charge in [-0.3, -0.25) is 0 Å². The number of rotatable bonds is 4. The lowest BCUT2D eigenvalue weighted by molar-refractivity contribution is 0.263. The number of sulfonamides is 1. The number of piperidine rings is 1. The van der Waals surface area contributed by atoms with E-state index in [-0.39, 0.29) is 0 Å². The summed E-state index contributed by atoms with van der Waals surface area (Å²) in [6, 6.07) is 6.49. The van der Waals surface area contributed by atoms with E-state index in [1.165, 1.54) is 6.07 Å². The number of hydrogen-bond acceptors (Lipinski definition) is 2. The summed E-state index contributed by atoms with van der Waals surface area (Å²) in [5.74, 6) is 0.446. The Bertz CT molecular complexity index is 533. The zero-order chi connectivity index (χ0) is 13.9. The van der Waals surface area contributed by atoms with Gasteiger partial charge in [0.25, 0.3) is 0 Å². The molecule has 0 saturated carbocycles. The number of hydrogen-bond donors (Lipinski definition) is 0. The number of alkyl halides is 1. The molecular weight excluding hydrogens is 350 g/mol. The van der Waals surface area contributed by atoms with Gasteiger partial charge in [-0.05, 0) is 43.4 Å². The monoisotopic (exact) mass is 365 g/mol. The summed E-state index contributed by atoms with van der Waals surface area (Å²) in [6.07, 6.45) is 3.05. The first-order chi connectivity index (χ1) is 9.04. The fourth-order valence-electron chi connectivity index (χ4n) is 2.41. The normalized spacial score (nSPS) is 21.5. The highest BCUT2D eigenvalue weighted by atomic mass is 79.9. The van der Waals surface area contributed by atoms with Crippen LogP contribution in [0.5, 0.6) is 0 Å². The minimum absolute atomic E-state index is 0.291. The molecule has 0 N–H and O–H groups in total. The third-order valence-corrected chi connectivity index (χ3v) is 5.99. The molecule has 1 unspecified atom stereocenters. The first kappa shape index (κ1) is 15.3. The van der Waals surface area contributed by atoms with E-state index in [9.17, 15) is 8.42 Å². The van der Waals surface area contributed by atoms with Crippen LogP contribution in [0.2, 0.25) is 5.02 Å². The van der Waals surface area contributed by atoms with Crippen molar-refractivity contribution < 1.29 is 8.42 Å². The van der Waals surface area contributed by atoms with E-state index >= 15 is 0 Å². The van der Waals surface area contributed by atoms with Crippen molar-refractivity contribution in [2.45, 2.75) is 24.2 Å². The lowest BCUT2D eigenvalue weighted by Crippen LogP contribution is -2.39. The topological polar surface area (TPSA) is 37.4 Å². The van der Waals surface area contributed by atoms with Crippen LogP contribution >= 0.6 is 27.5 Å². The van der Waals surface area contributed by atoms with Crippen molar-refractivity contribution in [1.82, 2.24) is 4.31 Å². The molecule has 1 atom stereocenters. The maximum absolute atomic E-state index is 12.5. The predicted molar refractivity (Wildman–Crippen MR) is 81.3 cm³/mol. The Labute approximate surface area is 128 Å². The minimum Gasteiger partial charge on any atom is -0.207 e. The van der Waals surface area contributed by atoms with Crippen LogP contribution in [0, 0.1) is 5.92 Å². The van der Waals surface area contributed by atoms with Crippen molar-refractivity contribution in [1.29, 1.82) is 0 Å². The Kier molecular flexibility index (Phi) is 5.29. The van der Waals surface area contributed by atoms with Crippen LogP contribution in [0.25, 0.3) is 0 Å².